The monoisotopic (exact) mass is 202 g/mol. The molecule has 0 amide bonds. The fourth-order valence-corrected chi connectivity index (χ4v) is 2.27. The Hall–Kier alpha value is 0.270. The average Bonchev–Trinajstić information content (AvgIpc) is 2.09. The highest BCUT2D eigenvalue weighted by Gasteiger charge is 2.23. The molecule has 0 aliphatic carbocycles. The third kappa shape index (κ3) is 3.49. The summed E-state index contributed by atoms with van der Waals surface area (Å²) in [7, 11) is 0. The number of nitrogens with two attached hydrogens (primary N) is 1. The lowest BCUT2D eigenvalue weighted by Gasteiger charge is -2.37. The van der Waals surface area contributed by atoms with Crippen molar-refractivity contribution >= 4 is 11.8 Å². The molecule has 0 saturated carbocycles. The van der Waals surface area contributed by atoms with Crippen LogP contribution in [-0.4, -0.2) is 41.6 Å². The zero-order valence-electron chi connectivity index (χ0n) is 8.99. The summed E-state index contributed by atoms with van der Waals surface area (Å²) in [6.07, 6.45) is 4.53. The quantitative estimate of drug-likeness (QED) is 0.753. The Labute approximate surface area is 86.2 Å². The van der Waals surface area contributed by atoms with Crippen LogP contribution >= 0.6 is 11.8 Å². The molecule has 0 aromatic heterocycles. The summed E-state index contributed by atoms with van der Waals surface area (Å²) in [5, 5.41) is 0.747. The van der Waals surface area contributed by atoms with Gasteiger partial charge in [-0.1, -0.05) is 6.92 Å². The Morgan fingerprint density at radius 3 is 2.85 bits per heavy atom. The van der Waals surface area contributed by atoms with E-state index in [9.17, 15) is 0 Å². The van der Waals surface area contributed by atoms with Crippen LogP contribution in [0.4, 0.5) is 0 Å². The highest BCUT2D eigenvalue weighted by atomic mass is 32.2. The summed E-state index contributed by atoms with van der Waals surface area (Å²) in [4.78, 5) is 2.57. The second-order valence-corrected chi connectivity index (χ2v) is 5.45. The molecular weight excluding hydrogens is 180 g/mol. The van der Waals surface area contributed by atoms with Crippen molar-refractivity contribution in [2.24, 2.45) is 5.73 Å². The molecule has 2 nitrogen and oxygen atoms in total. The van der Waals surface area contributed by atoms with Crippen LogP contribution in [-0.2, 0) is 0 Å². The number of hydrogen-bond donors (Lipinski definition) is 1. The zero-order valence-corrected chi connectivity index (χ0v) is 9.81. The molecule has 1 fully saturated rings. The van der Waals surface area contributed by atoms with Gasteiger partial charge in [-0.15, -0.1) is 0 Å². The van der Waals surface area contributed by atoms with E-state index in [1.165, 1.54) is 25.9 Å². The Bertz CT molecular complexity index is 152. The van der Waals surface area contributed by atoms with Crippen molar-refractivity contribution in [2.45, 2.75) is 44.0 Å². The molecule has 0 radical (unpaired) electrons. The first-order valence-electron chi connectivity index (χ1n) is 5.16. The molecule has 1 heterocycles. The van der Waals surface area contributed by atoms with E-state index in [0.29, 0.717) is 12.1 Å². The summed E-state index contributed by atoms with van der Waals surface area (Å²) < 4.78 is 0. The maximum absolute atomic E-state index is 5.92. The van der Waals surface area contributed by atoms with Gasteiger partial charge in [0.05, 0.1) is 0 Å². The molecule has 1 saturated heterocycles. The summed E-state index contributed by atoms with van der Waals surface area (Å²) >= 11 is 1.95. The van der Waals surface area contributed by atoms with Crippen molar-refractivity contribution in [2.75, 3.05) is 19.3 Å². The average molecular weight is 202 g/mol. The standard InChI is InChI=1S/C10H22N2S/c1-8-6-10(11)4-5-12(8)7-9(2)13-3/h8-10H,4-7,11H2,1-3H3. The molecule has 1 aliphatic rings. The van der Waals surface area contributed by atoms with Crippen molar-refractivity contribution in [1.29, 1.82) is 0 Å². The first-order valence-corrected chi connectivity index (χ1v) is 6.44. The van der Waals surface area contributed by atoms with Crippen LogP contribution in [0.1, 0.15) is 26.7 Å². The topological polar surface area (TPSA) is 29.3 Å². The lowest BCUT2D eigenvalue weighted by atomic mass is 9.99. The van der Waals surface area contributed by atoms with Crippen LogP contribution in [0.25, 0.3) is 0 Å². The number of hydrogen-bond acceptors (Lipinski definition) is 3. The maximum Gasteiger partial charge on any atom is 0.0144 e. The van der Waals surface area contributed by atoms with E-state index >= 15 is 0 Å². The van der Waals surface area contributed by atoms with Gasteiger partial charge < -0.3 is 5.73 Å². The van der Waals surface area contributed by atoms with Gasteiger partial charge in [-0.2, -0.15) is 11.8 Å². The van der Waals surface area contributed by atoms with Gasteiger partial charge in [0.1, 0.15) is 0 Å². The minimum absolute atomic E-state index is 0.441. The van der Waals surface area contributed by atoms with Crippen molar-refractivity contribution in [3.05, 3.63) is 0 Å². The first kappa shape index (κ1) is 11.3. The molecular formula is C10H22N2S. The number of rotatable bonds is 3. The Kier molecular flexibility index (Phi) is 4.56. The third-order valence-corrected chi connectivity index (χ3v) is 3.90. The van der Waals surface area contributed by atoms with Gasteiger partial charge in [-0.3, -0.25) is 4.90 Å². The minimum atomic E-state index is 0.441. The highest BCUT2D eigenvalue weighted by Crippen LogP contribution is 2.18. The Morgan fingerprint density at radius 1 is 1.62 bits per heavy atom. The van der Waals surface area contributed by atoms with Gasteiger partial charge in [-0.05, 0) is 32.6 Å². The van der Waals surface area contributed by atoms with Crippen LogP contribution in [0.5, 0.6) is 0 Å². The van der Waals surface area contributed by atoms with Crippen molar-refractivity contribution in [3.8, 4) is 0 Å². The van der Waals surface area contributed by atoms with E-state index in [-0.39, 0.29) is 0 Å². The summed E-state index contributed by atoms with van der Waals surface area (Å²) in [5.41, 5.74) is 5.92. The van der Waals surface area contributed by atoms with E-state index in [1.54, 1.807) is 0 Å². The van der Waals surface area contributed by atoms with Crippen molar-refractivity contribution in [3.63, 3.8) is 0 Å². The SMILES string of the molecule is CSC(C)CN1CCC(N)CC1C. The van der Waals surface area contributed by atoms with E-state index in [4.69, 9.17) is 5.73 Å². The molecule has 0 aromatic rings. The van der Waals surface area contributed by atoms with Gasteiger partial charge >= 0.3 is 0 Å². The van der Waals surface area contributed by atoms with Crippen LogP contribution in [0, 0.1) is 0 Å². The molecule has 0 aromatic carbocycles. The van der Waals surface area contributed by atoms with E-state index in [1.807, 2.05) is 11.8 Å². The molecule has 0 spiro atoms. The molecule has 78 valence electrons. The molecule has 13 heavy (non-hydrogen) atoms. The molecule has 1 aliphatic heterocycles. The predicted molar refractivity (Wildman–Crippen MR) is 61.2 cm³/mol. The van der Waals surface area contributed by atoms with Crippen LogP contribution in [0.2, 0.25) is 0 Å². The number of piperidine rings is 1. The van der Waals surface area contributed by atoms with Gasteiger partial charge in [-0.25, -0.2) is 0 Å². The van der Waals surface area contributed by atoms with E-state index < -0.39 is 0 Å². The van der Waals surface area contributed by atoms with Gasteiger partial charge in [0.2, 0.25) is 0 Å². The first-order chi connectivity index (χ1) is 6.13. The smallest absolute Gasteiger partial charge is 0.0144 e. The Morgan fingerprint density at radius 2 is 2.31 bits per heavy atom. The van der Waals surface area contributed by atoms with Gasteiger partial charge in [0.15, 0.2) is 0 Å². The van der Waals surface area contributed by atoms with E-state index in [2.05, 4.69) is 25.0 Å². The van der Waals surface area contributed by atoms with Crippen LogP contribution in [0.3, 0.4) is 0 Å². The number of thioether (sulfide) groups is 1. The van der Waals surface area contributed by atoms with Gasteiger partial charge in [0.25, 0.3) is 0 Å². The maximum atomic E-state index is 5.92. The third-order valence-electron chi connectivity index (χ3n) is 2.95. The molecule has 3 atom stereocenters. The van der Waals surface area contributed by atoms with Gasteiger partial charge in [0, 0.05) is 23.9 Å². The van der Waals surface area contributed by atoms with Crippen molar-refractivity contribution < 1.29 is 0 Å². The predicted octanol–water partition coefficient (Wildman–Crippen LogP) is 1.55. The van der Waals surface area contributed by atoms with Crippen molar-refractivity contribution in [1.82, 2.24) is 4.90 Å². The second kappa shape index (κ2) is 5.23. The van der Waals surface area contributed by atoms with Crippen LogP contribution in [0.15, 0.2) is 0 Å². The molecule has 3 heteroatoms. The summed E-state index contributed by atoms with van der Waals surface area (Å²) in [6, 6.07) is 1.12. The summed E-state index contributed by atoms with van der Waals surface area (Å²) in [6.45, 7) is 7.00. The lowest BCUT2D eigenvalue weighted by Crippen LogP contribution is -2.47. The van der Waals surface area contributed by atoms with E-state index in [0.717, 1.165) is 5.25 Å². The van der Waals surface area contributed by atoms with Crippen LogP contribution < -0.4 is 5.73 Å². The fourth-order valence-electron chi connectivity index (χ4n) is 1.93. The summed E-state index contributed by atoms with van der Waals surface area (Å²) in [5.74, 6) is 0. The second-order valence-electron chi connectivity index (χ2n) is 4.17. The minimum Gasteiger partial charge on any atom is -0.328 e. The number of nitrogens with zero attached hydrogens (tertiary/aromatic N) is 1. The molecule has 3 unspecified atom stereocenters. The normalized spacial score (nSPS) is 33.2. The molecule has 2 N–H and O–H groups in total. The zero-order chi connectivity index (χ0) is 9.84. The Balaban J connectivity index is 2.33. The lowest BCUT2D eigenvalue weighted by molar-refractivity contribution is 0.150. The molecule has 0 bridgehead atoms. The highest BCUT2D eigenvalue weighted by molar-refractivity contribution is 7.99. The molecule has 1 rings (SSSR count). The number of likely N-dealkylation sites (tertiary alicyclic amines) is 1. The largest absolute Gasteiger partial charge is 0.328 e. The fraction of sp³-hybridized carbons (Fsp3) is 1.00.